The molecule has 2 aliphatic rings. The van der Waals surface area contributed by atoms with Crippen LogP contribution < -0.4 is 15.1 Å². The zero-order chi connectivity index (χ0) is 16.8. The quantitative estimate of drug-likeness (QED) is 0.831. The van der Waals surface area contributed by atoms with Gasteiger partial charge in [-0.25, -0.2) is 10.3 Å². The van der Waals surface area contributed by atoms with Crippen LogP contribution in [0.5, 0.6) is 5.75 Å². The Labute approximate surface area is 140 Å². The van der Waals surface area contributed by atoms with Gasteiger partial charge in [0.05, 0.1) is 12.2 Å². The Hall–Kier alpha value is -2.12. The minimum Gasteiger partial charge on any atom is -0.490 e. The Kier molecular flexibility index (Phi) is 5.66. The number of hydrogen-bond acceptors (Lipinski definition) is 5. The third-order valence-corrected chi connectivity index (χ3v) is 4.04. The first-order valence-corrected chi connectivity index (χ1v) is 8.32. The van der Waals surface area contributed by atoms with Crippen molar-refractivity contribution in [1.29, 1.82) is 0 Å². The number of carbonyl (C=O) groups excluding carboxylic acids is 2. The second-order valence-corrected chi connectivity index (χ2v) is 5.80. The molecule has 3 rings (SSSR count). The molecule has 7 heteroatoms. The Balaban J connectivity index is 1.44. The topological polar surface area (TPSA) is 77.1 Å². The minimum atomic E-state index is -0.385. The van der Waals surface area contributed by atoms with E-state index in [1.807, 2.05) is 24.3 Å². The molecule has 2 heterocycles. The molecule has 7 nitrogen and oxygen atoms in total. The maximum absolute atomic E-state index is 12.4. The number of nitrogens with one attached hydrogen (secondary N) is 1. The molecule has 130 valence electrons. The number of para-hydroxylation sites is 2. The van der Waals surface area contributed by atoms with Crippen molar-refractivity contribution in [2.24, 2.45) is 0 Å². The molecule has 0 aliphatic carbocycles. The van der Waals surface area contributed by atoms with Crippen LogP contribution in [0.2, 0.25) is 0 Å². The standard InChI is InChI=1S/C17H22N2O5/c20-15(18-24-17-7-3-4-11-23-17)8-9-16(21)19-10-12-22-14-6-2-1-5-13(14)19/h1-2,5-6,17H,3-4,7-12H2,(H,18,20). The molecule has 24 heavy (non-hydrogen) atoms. The molecule has 1 atom stereocenters. The van der Waals surface area contributed by atoms with Gasteiger partial charge in [-0.3, -0.25) is 9.59 Å². The summed E-state index contributed by atoms with van der Waals surface area (Å²) in [4.78, 5) is 31.1. The third-order valence-electron chi connectivity index (χ3n) is 4.04. The lowest BCUT2D eigenvalue weighted by Crippen LogP contribution is -2.39. The van der Waals surface area contributed by atoms with Crippen molar-refractivity contribution in [1.82, 2.24) is 5.48 Å². The van der Waals surface area contributed by atoms with Gasteiger partial charge >= 0.3 is 0 Å². The Morgan fingerprint density at radius 2 is 2.08 bits per heavy atom. The van der Waals surface area contributed by atoms with Crippen molar-refractivity contribution >= 4 is 17.5 Å². The van der Waals surface area contributed by atoms with E-state index in [1.54, 1.807) is 4.90 Å². The van der Waals surface area contributed by atoms with Crippen LogP contribution in [0.3, 0.4) is 0 Å². The van der Waals surface area contributed by atoms with Crippen molar-refractivity contribution in [3.8, 4) is 5.75 Å². The molecule has 1 unspecified atom stereocenters. The number of nitrogens with zero attached hydrogens (tertiary/aromatic N) is 1. The molecule has 0 radical (unpaired) electrons. The lowest BCUT2D eigenvalue weighted by molar-refractivity contribution is -0.200. The summed E-state index contributed by atoms with van der Waals surface area (Å²) in [5.41, 5.74) is 3.12. The highest BCUT2D eigenvalue weighted by Crippen LogP contribution is 2.31. The van der Waals surface area contributed by atoms with Crippen molar-refractivity contribution in [2.75, 3.05) is 24.7 Å². The Morgan fingerprint density at radius 3 is 2.92 bits per heavy atom. The molecule has 1 N–H and O–H groups in total. The van der Waals surface area contributed by atoms with E-state index in [0.717, 1.165) is 24.9 Å². The Bertz CT molecular complexity index is 586. The van der Waals surface area contributed by atoms with Gasteiger partial charge in [0, 0.05) is 25.9 Å². The number of hydrogen-bond donors (Lipinski definition) is 1. The highest BCUT2D eigenvalue weighted by Gasteiger charge is 2.23. The second-order valence-electron chi connectivity index (χ2n) is 5.80. The lowest BCUT2D eigenvalue weighted by Gasteiger charge is -2.29. The van der Waals surface area contributed by atoms with Crippen molar-refractivity contribution in [3.63, 3.8) is 0 Å². The van der Waals surface area contributed by atoms with Crippen LogP contribution in [-0.4, -0.2) is 37.9 Å². The average molecular weight is 334 g/mol. The summed E-state index contributed by atoms with van der Waals surface area (Å²) in [6, 6.07) is 7.40. The van der Waals surface area contributed by atoms with Crippen LogP contribution in [0, 0.1) is 0 Å². The van der Waals surface area contributed by atoms with Gasteiger partial charge in [0.15, 0.2) is 6.29 Å². The first-order valence-electron chi connectivity index (χ1n) is 8.32. The van der Waals surface area contributed by atoms with Crippen LogP contribution in [0.25, 0.3) is 0 Å². The summed E-state index contributed by atoms with van der Waals surface area (Å²) in [6.45, 7) is 1.59. The van der Waals surface area contributed by atoms with Gasteiger partial charge in [0.25, 0.3) is 0 Å². The number of anilines is 1. The lowest BCUT2D eigenvalue weighted by atomic mass is 10.2. The first-order chi connectivity index (χ1) is 11.7. The molecule has 1 fully saturated rings. The van der Waals surface area contributed by atoms with E-state index in [4.69, 9.17) is 14.3 Å². The van der Waals surface area contributed by atoms with E-state index in [2.05, 4.69) is 5.48 Å². The summed E-state index contributed by atoms with van der Waals surface area (Å²) >= 11 is 0. The number of benzene rings is 1. The fourth-order valence-corrected chi connectivity index (χ4v) is 2.77. The molecule has 2 amide bonds. The predicted molar refractivity (Wildman–Crippen MR) is 86.3 cm³/mol. The van der Waals surface area contributed by atoms with Crippen LogP contribution in [-0.2, 0) is 19.2 Å². The number of rotatable bonds is 5. The van der Waals surface area contributed by atoms with Gasteiger partial charge in [-0.1, -0.05) is 12.1 Å². The number of fused-ring (bicyclic) bond motifs is 1. The van der Waals surface area contributed by atoms with Crippen LogP contribution in [0.4, 0.5) is 5.69 Å². The highest BCUT2D eigenvalue weighted by molar-refractivity contribution is 5.96. The Morgan fingerprint density at radius 1 is 1.21 bits per heavy atom. The predicted octanol–water partition coefficient (Wildman–Crippen LogP) is 1.77. The molecular weight excluding hydrogens is 312 g/mol. The number of ether oxygens (including phenoxy) is 2. The molecule has 1 saturated heterocycles. The third kappa shape index (κ3) is 4.24. The maximum Gasteiger partial charge on any atom is 0.244 e. The fourth-order valence-electron chi connectivity index (χ4n) is 2.77. The van der Waals surface area contributed by atoms with Gasteiger partial charge in [-0.15, -0.1) is 0 Å². The maximum atomic E-state index is 12.4. The summed E-state index contributed by atoms with van der Waals surface area (Å²) in [6.07, 6.45) is 2.62. The van der Waals surface area contributed by atoms with E-state index in [-0.39, 0.29) is 30.9 Å². The van der Waals surface area contributed by atoms with Crippen LogP contribution in [0.15, 0.2) is 24.3 Å². The normalized spacial score (nSPS) is 20.0. The van der Waals surface area contributed by atoms with Crippen LogP contribution >= 0.6 is 0 Å². The zero-order valence-electron chi connectivity index (χ0n) is 13.5. The fraction of sp³-hybridized carbons (Fsp3) is 0.529. The minimum absolute atomic E-state index is 0.0745. The zero-order valence-corrected chi connectivity index (χ0v) is 13.5. The van der Waals surface area contributed by atoms with E-state index >= 15 is 0 Å². The van der Waals surface area contributed by atoms with E-state index in [1.165, 1.54) is 0 Å². The summed E-state index contributed by atoms with van der Waals surface area (Å²) in [5, 5.41) is 0. The van der Waals surface area contributed by atoms with E-state index < -0.39 is 0 Å². The largest absolute Gasteiger partial charge is 0.490 e. The average Bonchev–Trinajstić information content (AvgIpc) is 2.64. The summed E-state index contributed by atoms with van der Waals surface area (Å²) in [5.74, 6) is 0.271. The molecule has 0 spiro atoms. The first kappa shape index (κ1) is 16.7. The monoisotopic (exact) mass is 334 g/mol. The number of carbonyl (C=O) groups is 2. The SMILES string of the molecule is O=C(CCC(=O)N1CCOc2ccccc21)NOC1CCCCO1. The van der Waals surface area contributed by atoms with Crippen molar-refractivity contribution in [2.45, 2.75) is 38.4 Å². The number of amides is 2. The van der Waals surface area contributed by atoms with Gasteiger partial charge < -0.3 is 14.4 Å². The molecule has 1 aromatic carbocycles. The molecule has 2 aliphatic heterocycles. The van der Waals surface area contributed by atoms with E-state index in [9.17, 15) is 9.59 Å². The number of hydroxylamine groups is 1. The highest BCUT2D eigenvalue weighted by atomic mass is 16.8. The smallest absolute Gasteiger partial charge is 0.244 e. The van der Waals surface area contributed by atoms with Gasteiger partial charge in [-0.2, -0.15) is 0 Å². The van der Waals surface area contributed by atoms with Gasteiger partial charge in [0.1, 0.15) is 12.4 Å². The molecule has 0 aromatic heterocycles. The molecular formula is C17H22N2O5. The second kappa shape index (κ2) is 8.12. The van der Waals surface area contributed by atoms with Crippen molar-refractivity contribution in [3.05, 3.63) is 24.3 Å². The molecule has 0 saturated carbocycles. The van der Waals surface area contributed by atoms with Crippen molar-refractivity contribution < 1.29 is 23.9 Å². The van der Waals surface area contributed by atoms with E-state index in [0.29, 0.717) is 25.5 Å². The van der Waals surface area contributed by atoms with Gasteiger partial charge in [0.2, 0.25) is 11.8 Å². The summed E-state index contributed by atoms with van der Waals surface area (Å²) in [7, 11) is 0. The summed E-state index contributed by atoms with van der Waals surface area (Å²) < 4.78 is 10.9. The van der Waals surface area contributed by atoms with Gasteiger partial charge in [-0.05, 0) is 25.0 Å². The molecule has 0 bridgehead atoms. The van der Waals surface area contributed by atoms with Crippen LogP contribution in [0.1, 0.15) is 32.1 Å². The molecule has 1 aromatic rings.